The van der Waals surface area contributed by atoms with Gasteiger partial charge in [-0.15, -0.1) is 0 Å². The Morgan fingerprint density at radius 1 is 0.929 bits per heavy atom. The predicted octanol–water partition coefficient (Wildman–Crippen LogP) is 1.35. The number of rotatable bonds is 7. The van der Waals surface area contributed by atoms with E-state index in [2.05, 4.69) is 0 Å². The molecule has 2 atom stereocenters. The summed E-state index contributed by atoms with van der Waals surface area (Å²) in [5.74, 6) is 0. The zero-order valence-electron chi connectivity index (χ0n) is 8.88. The molecule has 2 unspecified atom stereocenters. The lowest BCUT2D eigenvalue weighted by Gasteiger charge is -2.14. The van der Waals surface area contributed by atoms with Crippen LogP contribution in [0.5, 0.6) is 0 Å². The fourth-order valence-electron chi connectivity index (χ4n) is 1.14. The number of aliphatic hydroxyl groups is 2. The Kier molecular flexibility index (Phi) is 6.32. The molecule has 0 fully saturated rings. The average Bonchev–Trinajstić information content (AvgIpc) is 2.22. The Bertz CT molecular complexity index is 182. The van der Waals surface area contributed by atoms with Crippen LogP contribution in [0.25, 0.3) is 0 Å². The van der Waals surface area contributed by atoms with Gasteiger partial charge in [0.25, 0.3) is 0 Å². The molecule has 0 aliphatic carbocycles. The summed E-state index contributed by atoms with van der Waals surface area (Å²) in [5, 5.41) is 33.5. The zero-order valence-corrected chi connectivity index (χ0v) is 8.88. The third-order valence-corrected chi connectivity index (χ3v) is 2.28. The Balaban J connectivity index is 3.82. The molecule has 0 aromatic heterocycles. The summed E-state index contributed by atoms with van der Waals surface area (Å²) in [6.45, 7) is 3.63. The second kappa shape index (κ2) is 6.68. The van der Waals surface area contributed by atoms with Gasteiger partial charge in [0, 0.05) is 11.4 Å². The van der Waals surface area contributed by atoms with E-state index in [-0.39, 0.29) is 0 Å². The van der Waals surface area contributed by atoms with Gasteiger partial charge in [-0.05, 0) is 25.7 Å². The van der Waals surface area contributed by atoms with Crippen LogP contribution in [0.3, 0.4) is 0 Å². The molecule has 0 saturated carbocycles. The second-order valence-electron chi connectivity index (χ2n) is 3.37. The van der Waals surface area contributed by atoms with Crippen molar-refractivity contribution < 1.29 is 10.2 Å². The fourth-order valence-corrected chi connectivity index (χ4v) is 1.14. The first-order valence-electron chi connectivity index (χ1n) is 5.03. The minimum Gasteiger partial charge on any atom is -0.387 e. The predicted molar refractivity (Wildman–Crippen MR) is 57.3 cm³/mol. The van der Waals surface area contributed by atoms with Crippen molar-refractivity contribution in [1.29, 1.82) is 10.8 Å². The van der Waals surface area contributed by atoms with Crippen LogP contribution in [-0.2, 0) is 0 Å². The number of hydrogen-bond donors (Lipinski definition) is 4. The summed E-state index contributed by atoms with van der Waals surface area (Å²) in [6.07, 6.45) is 0.246. The fraction of sp³-hybridized carbons (Fsp3) is 0.800. The molecule has 4 heteroatoms. The normalized spacial score (nSPS) is 14.9. The van der Waals surface area contributed by atoms with Gasteiger partial charge in [-0.3, -0.25) is 0 Å². The van der Waals surface area contributed by atoms with E-state index in [9.17, 15) is 10.2 Å². The molecular weight excluding hydrogens is 180 g/mol. The summed E-state index contributed by atoms with van der Waals surface area (Å²) < 4.78 is 0. The molecular formula is C10H20N2O2. The molecule has 4 nitrogen and oxygen atoms in total. The minimum absolute atomic E-state index is 0.292. The van der Waals surface area contributed by atoms with Crippen molar-refractivity contribution in [3.05, 3.63) is 0 Å². The standard InChI is InChI=1S/C10H20N2O2/c1-3-7(11)9(13)5-6-10(14)8(12)4-2/h9-14H,3-6H2,1-2H3. The van der Waals surface area contributed by atoms with Crippen LogP contribution < -0.4 is 0 Å². The van der Waals surface area contributed by atoms with Crippen LogP contribution >= 0.6 is 0 Å². The first kappa shape index (κ1) is 13.3. The van der Waals surface area contributed by atoms with E-state index in [1.54, 1.807) is 0 Å². The molecule has 4 N–H and O–H groups in total. The Labute approximate surface area is 85.0 Å². The van der Waals surface area contributed by atoms with Crippen LogP contribution in [-0.4, -0.2) is 33.8 Å². The lowest BCUT2D eigenvalue weighted by molar-refractivity contribution is 0.178. The number of hydrogen-bond acceptors (Lipinski definition) is 4. The average molecular weight is 200 g/mol. The summed E-state index contributed by atoms with van der Waals surface area (Å²) >= 11 is 0. The topological polar surface area (TPSA) is 88.2 Å². The number of aliphatic hydroxyl groups excluding tert-OH is 2. The van der Waals surface area contributed by atoms with Gasteiger partial charge in [-0.25, -0.2) is 0 Å². The van der Waals surface area contributed by atoms with Crippen molar-refractivity contribution >= 4 is 11.4 Å². The van der Waals surface area contributed by atoms with Crippen molar-refractivity contribution in [2.24, 2.45) is 0 Å². The molecule has 82 valence electrons. The Morgan fingerprint density at radius 3 is 1.43 bits per heavy atom. The van der Waals surface area contributed by atoms with E-state index in [1.165, 1.54) is 0 Å². The molecule has 0 aliphatic heterocycles. The maximum Gasteiger partial charge on any atom is 0.0914 e. The van der Waals surface area contributed by atoms with Crippen molar-refractivity contribution in [3.8, 4) is 0 Å². The quantitative estimate of drug-likeness (QED) is 0.467. The maximum atomic E-state index is 9.41. The van der Waals surface area contributed by atoms with E-state index in [1.807, 2.05) is 13.8 Å². The second-order valence-corrected chi connectivity index (χ2v) is 3.37. The van der Waals surface area contributed by atoms with Gasteiger partial charge in [0.05, 0.1) is 12.2 Å². The summed E-state index contributed by atoms with van der Waals surface area (Å²) in [6, 6.07) is 0. The zero-order chi connectivity index (χ0) is 11.1. The first-order valence-corrected chi connectivity index (χ1v) is 5.03. The molecule has 14 heavy (non-hydrogen) atoms. The van der Waals surface area contributed by atoms with Crippen LogP contribution in [0.1, 0.15) is 39.5 Å². The maximum absolute atomic E-state index is 9.41. The highest BCUT2D eigenvalue weighted by Crippen LogP contribution is 2.06. The lowest BCUT2D eigenvalue weighted by atomic mass is 10.0. The third-order valence-electron chi connectivity index (χ3n) is 2.28. The van der Waals surface area contributed by atoms with E-state index in [0.29, 0.717) is 37.1 Å². The largest absolute Gasteiger partial charge is 0.387 e. The van der Waals surface area contributed by atoms with Gasteiger partial charge in [0.2, 0.25) is 0 Å². The molecule has 0 aliphatic rings. The SMILES string of the molecule is CCC(=N)C(O)CCC(O)C(=N)CC. The molecule has 0 radical (unpaired) electrons. The van der Waals surface area contributed by atoms with Crippen molar-refractivity contribution in [3.63, 3.8) is 0 Å². The van der Waals surface area contributed by atoms with Gasteiger partial charge < -0.3 is 21.0 Å². The van der Waals surface area contributed by atoms with Crippen molar-refractivity contribution in [2.75, 3.05) is 0 Å². The van der Waals surface area contributed by atoms with E-state index >= 15 is 0 Å². The molecule has 0 saturated heterocycles. The third kappa shape index (κ3) is 4.48. The van der Waals surface area contributed by atoms with Gasteiger partial charge in [0.1, 0.15) is 0 Å². The summed E-state index contributed by atoms with van der Waals surface area (Å²) in [5.41, 5.74) is 0.584. The summed E-state index contributed by atoms with van der Waals surface area (Å²) in [4.78, 5) is 0. The van der Waals surface area contributed by atoms with E-state index < -0.39 is 12.2 Å². The minimum atomic E-state index is -0.765. The monoisotopic (exact) mass is 200 g/mol. The van der Waals surface area contributed by atoms with Crippen LogP contribution in [0, 0.1) is 10.8 Å². The van der Waals surface area contributed by atoms with Crippen LogP contribution in [0.4, 0.5) is 0 Å². The molecule has 0 amide bonds. The Morgan fingerprint density at radius 2 is 1.21 bits per heavy atom. The van der Waals surface area contributed by atoms with Crippen molar-refractivity contribution in [2.45, 2.75) is 51.7 Å². The smallest absolute Gasteiger partial charge is 0.0914 e. The van der Waals surface area contributed by atoms with Crippen LogP contribution in [0.15, 0.2) is 0 Å². The molecule has 0 rings (SSSR count). The van der Waals surface area contributed by atoms with E-state index in [4.69, 9.17) is 10.8 Å². The van der Waals surface area contributed by atoms with Gasteiger partial charge >= 0.3 is 0 Å². The first-order chi connectivity index (χ1) is 6.52. The van der Waals surface area contributed by atoms with Gasteiger partial charge in [-0.1, -0.05) is 13.8 Å². The van der Waals surface area contributed by atoms with Crippen molar-refractivity contribution in [1.82, 2.24) is 0 Å². The molecule has 0 spiro atoms. The highest BCUT2D eigenvalue weighted by Gasteiger charge is 2.14. The highest BCUT2D eigenvalue weighted by atomic mass is 16.3. The lowest BCUT2D eigenvalue weighted by Crippen LogP contribution is -2.24. The molecule has 0 heterocycles. The molecule has 0 aromatic carbocycles. The van der Waals surface area contributed by atoms with Gasteiger partial charge in [0.15, 0.2) is 0 Å². The molecule has 0 bridgehead atoms. The number of nitrogens with one attached hydrogen (secondary N) is 2. The van der Waals surface area contributed by atoms with E-state index in [0.717, 1.165) is 0 Å². The Hall–Kier alpha value is -0.740. The van der Waals surface area contributed by atoms with Gasteiger partial charge in [-0.2, -0.15) is 0 Å². The summed E-state index contributed by atoms with van der Waals surface area (Å²) in [7, 11) is 0. The molecule has 0 aromatic rings. The van der Waals surface area contributed by atoms with Crippen LogP contribution in [0.2, 0.25) is 0 Å². The highest BCUT2D eigenvalue weighted by molar-refractivity contribution is 5.86.